The molecule has 1 heterocycles. The molecule has 1 atom stereocenters. The van der Waals surface area contributed by atoms with Gasteiger partial charge in [-0.05, 0) is 50.4 Å². The molecule has 1 aliphatic heterocycles. The average molecular weight is 310 g/mol. The van der Waals surface area contributed by atoms with E-state index in [1.165, 1.54) is 0 Å². The topological polar surface area (TPSA) is 49.4 Å². The van der Waals surface area contributed by atoms with Gasteiger partial charge in [0.1, 0.15) is 0 Å². The maximum Gasteiger partial charge on any atom is 0.243 e. The molecule has 21 heavy (non-hydrogen) atoms. The highest BCUT2D eigenvalue weighted by Gasteiger charge is 2.30. The number of piperidine rings is 1. The number of hydrogen-bond acceptors (Lipinski definition) is 3. The van der Waals surface area contributed by atoms with E-state index in [1.807, 2.05) is 19.1 Å². The Kier molecular flexibility index (Phi) is 5.79. The molecule has 4 nitrogen and oxygen atoms in total. The van der Waals surface area contributed by atoms with Gasteiger partial charge in [-0.15, -0.1) is 0 Å². The van der Waals surface area contributed by atoms with Crippen LogP contribution in [0, 0.1) is 0 Å². The SMILES string of the molecule is CCCNCc1cccc(S(=O)(=O)N2CCCCC2C)c1. The molecular formula is C16H26N2O2S. The van der Waals surface area contributed by atoms with Gasteiger partial charge in [0, 0.05) is 19.1 Å². The molecule has 2 rings (SSSR count). The van der Waals surface area contributed by atoms with Crippen LogP contribution in [0.15, 0.2) is 29.2 Å². The van der Waals surface area contributed by atoms with Crippen molar-refractivity contribution in [1.29, 1.82) is 0 Å². The molecular weight excluding hydrogens is 284 g/mol. The second-order valence-electron chi connectivity index (χ2n) is 5.78. The molecule has 5 heteroatoms. The van der Waals surface area contributed by atoms with Gasteiger partial charge < -0.3 is 5.32 Å². The van der Waals surface area contributed by atoms with Gasteiger partial charge in [0.2, 0.25) is 10.0 Å². The summed E-state index contributed by atoms with van der Waals surface area (Å²) in [5.74, 6) is 0. The number of sulfonamides is 1. The first-order valence-corrected chi connectivity index (χ1v) is 9.31. The second kappa shape index (κ2) is 7.38. The molecule has 1 aromatic rings. The Hall–Kier alpha value is -0.910. The van der Waals surface area contributed by atoms with Crippen LogP contribution >= 0.6 is 0 Å². The summed E-state index contributed by atoms with van der Waals surface area (Å²) < 4.78 is 27.2. The molecule has 0 aliphatic carbocycles. The smallest absolute Gasteiger partial charge is 0.243 e. The van der Waals surface area contributed by atoms with Crippen LogP contribution in [0.25, 0.3) is 0 Å². The fraction of sp³-hybridized carbons (Fsp3) is 0.625. The number of hydrogen-bond donors (Lipinski definition) is 1. The normalized spacial score (nSPS) is 20.6. The third-order valence-corrected chi connectivity index (χ3v) is 6.01. The predicted octanol–water partition coefficient (Wildman–Crippen LogP) is 2.75. The first kappa shape index (κ1) is 16.5. The molecule has 118 valence electrons. The minimum Gasteiger partial charge on any atom is -0.313 e. The molecule has 0 amide bonds. The van der Waals surface area contributed by atoms with Crippen LogP contribution in [-0.2, 0) is 16.6 Å². The van der Waals surface area contributed by atoms with Crippen molar-refractivity contribution in [3.05, 3.63) is 29.8 Å². The van der Waals surface area contributed by atoms with Gasteiger partial charge in [-0.25, -0.2) is 8.42 Å². The molecule has 0 radical (unpaired) electrons. The lowest BCUT2D eigenvalue weighted by atomic mass is 10.1. The van der Waals surface area contributed by atoms with Crippen LogP contribution in [0.2, 0.25) is 0 Å². The molecule has 1 aromatic carbocycles. The summed E-state index contributed by atoms with van der Waals surface area (Å²) in [4.78, 5) is 0.423. The third kappa shape index (κ3) is 4.05. The van der Waals surface area contributed by atoms with E-state index in [0.717, 1.165) is 37.8 Å². The van der Waals surface area contributed by atoms with Gasteiger partial charge in [0.05, 0.1) is 4.90 Å². The van der Waals surface area contributed by atoms with Crippen LogP contribution in [0.1, 0.15) is 45.1 Å². The Morgan fingerprint density at radius 1 is 1.33 bits per heavy atom. The van der Waals surface area contributed by atoms with Gasteiger partial charge >= 0.3 is 0 Å². The number of nitrogens with one attached hydrogen (secondary N) is 1. The first-order valence-electron chi connectivity index (χ1n) is 7.87. The van der Waals surface area contributed by atoms with Crippen molar-refractivity contribution in [2.75, 3.05) is 13.1 Å². The highest BCUT2D eigenvalue weighted by molar-refractivity contribution is 7.89. The van der Waals surface area contributed by atoms with E-state index < -0.39 is 10.0 Å². The molecule has 0 aromatic heterocycles. The molecule has 1 unspecified atom stereocenters. The van der Waals surface area contributed by atoms with Crippen molar-refractivity contribution < 1.29 is 8.42 Å². The van der Waals surface area contributed by atoms with Crippen LogP contribution in [0.4, 0.5) is 0 Å². The maximum atomic E-state index is 12.8. The fourth-order valence-corrected chi connectivity index (χ4v) is 4.56. The maximum absolute atomic E-state index is 12.8. The number of nitrogens with zero attached hydrogens (tertiary/aromatic N) is 1. The van der Waals surface area contributed by atoms with E-state index in [0.29, 0.717) is 18.0 Å². The summed E-state index contributed by atoms with van der Waals surface area (Å²) in [5, 5.41) is 3.31. The van der Waals surface area contributed by atoms with Gasteiger partial charge in [0.25, 0.3) is 0 Å². The monoisotopic (exact) mass is 310 g/mol. The standard InChI is InChI=1S/C16H26N2O2S/c1-3-10-17-13-15-8-6-9-16(12-15)21(19,20)18-11-5-4-7-14(18)2/h6,8-9,12,14,17H,3-5,7,10-11,13H2,1-2H3. The fourth-order valence-electron chi connectivity index (χ4n) is 2.79. The van der Waals surface area contributed by atoms with Crippen molar-refractivity contribution in [3.8, 4) is 0 Å². The van der Waals surface area contributed by atoms with E-state index >= 15 is 0 Å². The summed E-state index contributed by atoms with van der Waals surface area (Å²) in [6.07, 6.45) is 4.11. The third-order valence-electron chi connectivity index (χ3n) is 4.00. The van der Waals surface area contributed by atoms with E-state index in [2.05, 4.69) is 12.2 Å². The molecule has 0 saturated carbocycles. The van der Waals surface area contributed by atoms with Crippen molar-refractivity contribution in [1.82, 2.24) is 9.62 Å². The predicted molar refractivity (Wildman–Crippen MR) is 85.6 cm³/mol. The van der Waals surface area contributed by atoms with Crippen molar-refractivity contribution in [3.63, 3.8) is 0 Å². The quantitative estimate of drug-likeness (QED) is 0.822. The van der Waals surface area contributed by atoms with Gasteiger partial charge in [-0.2, -0.15) is 4.31 Å². The van der Waals surface area contributed by atoms with Crippen LogP contribution < -0.4 is 5.32 Å². The van der Waals surface area contributed by atoms with Crippen molar-refractivity contribution in [2.45, 2.75) is 57.0 Å². The Labute approximate surface area is 128 Å². The van der Waals surface area contributed by atoms with Crippen molar-refractivity contribution in [2.24, 2.45) is 0 Å². The Balaban J connectivity index is 2.17. The van der Waals surface area contributed by atoms with Gasteiger partial charge in [-0.1, -0.05) is 25.5 Å². The second-order valence-corrected chi connectivity index (χ2v) is 7.68. The Bertz CT molecular complexity index is 557. The Morgan fingerprint density at radius 2 is 2.14 bits per heavy atom. The van der Waals surface area contributed by atoms with Crippen molar-refractivity contribution >= 4 is 10.0 Å². The molecule has 1 N–H and O–H groups in total. The van der Waals surface area contributed by atoms with E-state index in [-0.39, 0.29) is 6.04 Å². The highest BCUT2D eigenvalue weighted by atomic mass is 32.2. The molecule has 0 spiro atoms. The van der Waals surface area contributed by atoms with Crippen LogP contribution in [0.3, 0.4) is 0 Å². The van der Waals surface area contributed by atoms with Gasteiger partial charge in [-0.3, -0.25) is 0 Å². The Morgan fingerprint density at radius 3 is 2.86 bits per heavy atom. The minimum absolute atomic E-state index is 0.102. The summed E-state index contributed by atoms with van der Waals surface area (Å²) in [6, 6.07) is 7.43. The van der Waals surface area contributed by atoms with Crippen LogP contribution in [0.5, 0.6) is 0 Å². The summed E-state index contributed by atoms with van der Waals surface area (Å²) in [6.45, 7) is 6.42. The highest BCUT2D eigenvalue weighted by Crippen LogP contribution is 2.25. The van der Waals surface area contributed by atoms with Crippen LogP contribution in [-0.4, -0.2) is 31.9 Å². The zero-order valence-electron chi connectivity index (χ0n) is 13.0. The summed E-state index contributed by atoms with van der Waals surface area (Å²) in [7, 11) is -3.36. The largest absolute Gasteiger partial charge is 0.313 e. The molecule has 0 bridgehead atoms. The van der Waals surface area contributed by atoms with E-state index in [4.69, 9.17) is 0 Å². The van der Waals surface area contributed by atoms with E-state index in [1.54, 1.807) is 16.4 Å². The lowest BCUT2D eigenvalue weighted by Crippen LogP contribution is -2.41. The number of benzene rings is 1. The molecule has 1 saturated heterocycles. The zero-order chi connectivity index (χ0) is 15.3. The number of rotatable bonds is 6. The van der Waals surface area contributed by atoms with Gasteiger partial charge in [0.15, 0.2) is 0 Å². The summed E-state index contributed by atoms with van der Waals surface area (Å²) in [5.41, 5.74) is 1.02. The zero-order valence-corrected chi connectivity index (χ0v) is 13.8. The molecule has 1 fully saturated rings. The lowest BCUT2D eigenvalue weighted by Gasteiger charge is -2.32. The average Bonchev–Trinajstić information content (AvgIpc) is 2.48. The molecule has 1 aliphatic rings. The van der Waals surface area contributed by atoms with E-state index in [9.17, 15) is 8.42 Å². The minimum atomic E-state index is -3.36. The first-order chi connectivity index (χ1) is 10.1. The lowest BCUT2D eigenvalue weighted by molar-refractivity contribution is 0.268. The summed E-state index contributed by atoms with van der Waals surface area (Å²) >= 11 is 0.